The molecule has 0 fully saturated rings. The summed E-state index contributed by atoms with van der Waals surface area (Å²) in [6, 6.07) is 12.9. The van der Waals surface area contributed by atoms with Gasteiger partial charge in [0.25, 0.3) is 0 Å². The third-order valence-corrected chi connectivity index (χ3v) is 4.80. The molecule has 2 aromatic carbocycles. The van der Waals surface area contributed by atoms with Crippen LogP contribution in [0.4, 0.5) is 5.69 Å². The molecule has 1 heterocycles. The number of carbonyl (C=O) groups is 2. The number of carbonyl (C=O) groups excluding carboxylic acids is 2. The number of ether oxygens (including phenoxy) is 1. The number of anilines is 1. The molecule has 0 radical (unpaired) electrons. The van der Waals surface area contributed by atoms with Gasteiger partial charge >= 0.3 is 0 Å². The van der Waals surface area contributed by atoms with Crippen LogP contribution >= 0.6 is 11.6 Å². The molecule has 6 nitrogen and oxygen atoms in total. The monoisotopic (exact) mass is 399 g/mol. The summed E-state index contributed by atoms with van der Waals surface area (Å²) >= 11 is 5.98. The molecule has 0 saturated carbocycles. The first-order valence-corrected chi connectivity index (χ1v) is 9.17. The fourth-order valence-corrected chi connectivity index (χ4v) is 3.31. The quantitative estimate of drug-likeness (QED) is 0.690. The van der Waals surface area contributed by atoms with Gasteiger partial charge in [0.05, 0.1) is 25.8 Å². The molecule has 0 aliphatic carbocycles. The number of methoxy groups -OCH3 is 1. The van der Waals surface area contributed by atoms with E-state index in [1.807, 2.05) is 42.1 Å². The predicted octanol–water partition coefficient (Wildman–Crippen LogP) is 3.48. The molecule has 0 bridgehead atoms. The maximum absolute atomic E-state index is 12.6. The third kappa shape index (κ3) is 4.28. The van der Waals surface area contributed by atoms with E-state index in [2.05, 4.69) is 5.32 Å². The average Bonchev–Trinajstić information content (AvgIpc) is 2.98. The number of nitrogens with zero attached hydrogens (tertiary/aromatic N) is 2. The summed E-state index contributed by atoms with van der Waals surface area (Å²) in [4.78, 5) is 26.4. The van der Waals surface area contributed by atoms with Gasteiger partial charge in [0.2, 0.25) is 11.8 Å². The lowest BCUT2D eigenvalue weighted by Crippen LogP contribution is -2.35. The van der Waals surface area contributed by atoms with Crippen LogP contribution < -0.4 is 10.1 Å². The van der Waals surface area contributed by atoms with Crippen molar-refractivity contribution >= 4 is 40.0 Å². The van der Waals surface area contributed by atoms with E-state index in [1.54, 1.807) is 25.2 Å². The number of aryl methyl sites for hydroxylation is 1. The Morgan fingerprint density at radius 3 is 2.71 bits per heavy atom. The Bertz CT molecular complexity index is 1030. The number of nitrogens with one attached hydrogen (secondary N) is 1. The van der Waals surface area contributed by atoms with E-state index in [0.717, 1.165) is 16.5 Å². The van der Waals surface area contributed by atoms with Crippen molar-refractivity contribution in [3.8, 4) is 5.75 Å². The highest BCUT2D eigenvalue weighted by atomic mass is 35.5. The molecule has 0 saturated heterocycles. The van der Waals surface area contributed by atoms with Gasteiger partial charge in [-0.3, -0.25) is 9.59 Å². The van der Waals surface area contributed by atoms with Gasteiger partial charge in [0, 0.05) is 36.2 Å². The molecule has 28 heavy (non-hydrogen) atoms. The van der Waals surface area contributed by atoms with E-state index in [1.165, 1.54) is 12.0 Å². The van der Waals surface area contributed by atoms with Crippen molar-refractivity contribution in [3.63, 3.8) is 0 Å². The number of halogens is 1. The van der Waals surface area contributed by atoms with Gasteiger partial charge in [0.1, 0.15) is 5.75 Å². The van der Waals surface area contributed by atoms with E-state index < -0.39 is 0 Å². The first-order valence-electron chi connectivity index (χ1n) is 8.79. The summed E-state index contributed by atoms with van der Waals surface area (Å²) in [5.74, 6) is 0.0429. The van der Waals surface area contributed by atoms with Gasteiger partial charge in [0.15, 0.2) is 0 Å². The van der Waals surface area contributed by atoms with Gasteiger partial charge in [-0.2, -0.15) is 0 Å². The van der Waals surface area contributed by atoms with Crippen LogP contribution in [-0.2, 0) is 23.1 Å². The zero-order valence-electron chi connectivity index (χ0n) is 16.0. The Morgan fingerprint density at radius 1 is 1.21 bits per heavy atom. The molecule has 0 atom stereocenters. The van der Waals surface area contributed by atoms with Crippen molar-refractivity contribution in [1.29, 1.82) is 0 Å². The van der Waals surface area contributed by atoms with Crippen LogP contribution in [0.3, 0.4) is 0 Å². The fourth-order valence-electron chi connectivity index (χ4n) is 3.14. The minimum absolute atomic E-state index is 0.0702. The van der Waals surface area contributed by atoms with Crippen molar-refractivity contribution in [2.24, 2.45) is 7.05 Å². The SMILES string of the molecule is COc1ccc(Cl)cc1NC(=O)CN(C)C(=O)Cc1cn(C)c2ccccc12. The average molecular weight is 400 g/mol. The standard InChI is InChI=1S/C21H22ClN3O3/c1-24-12-14(16-6-4-5-7-18(16)24)10-21(27)25(2)13-20(26)23-17-11-15(22)8-9-19(17)28-3/h4-9,11-12H,10,13H2,1-3H3,(H,23,26). The maximum atomic E-state index is 12.6. The molecule has 3 aromatic rings. The Morgan fingerprint density at radius 2 is 1.96 bits per heavy atom. The maximum Gasteiger partial charge on any atom is 0.244 e. The largest absolute Gasteiger partial charge is 0.495 e. The second kappa shape index (κ2) is 8.35. The number of rotatable bonds is 6. The second-order valence-corrected chi connectivity index (χ2v) is 7.04. The highest BCUT2D eigenvalue weighted by Gasteiger charge is 2.17. The molecule has 2 amide bonds. The summed E-state index contributed by atoms with van der Waals surface area (Å²) in [5, 5.41) is 4.26. The topological polar surface area (TPSA) is 63.6 Å². The summed E-state index contributed by atoms with van der Waals surface area (Å²) < 4.78 is 7.22. The van der Waals surface area contributed by atoms with Gasteiger partial charge in [-0.1, -0.05) is 29.8 Å². The number of amides is 2. The third-order valence-electron chi connectivity index (χ3n) is 4.56. The zero-order chi connectivity index (χ0) is 20.3. The minimum atomic E-state index is -0.325. The molecule has 0 unspecified atom stereocenters. The highest BCUT2D eigenvalue weighted by Crippen LogP contribution is 2.27. The lowest BCUT2D eigenvalue weighted by Gasteiger charge is -2.17. The van der Waals surface area contributed by atoms with E-state index in [-0.39, 0.29) is 24.8 Å². The van der Waals surface area contributed by atoms with Crippen LogP contribution in [0.25, 0.3) is 10.9 Å². The van der Waals surface area contributed by atoms with Gasteiger partial charge in [-0.15, -0.1) is 0 Å². The molecule has 0 aliphatic heterocycles. The van der Waals surface area contributed by atoms with Crippen LogP contribution in [0.1, 0.15) is 5.56 Å². The molecule has 1 aromatic heterocycles. The minimum Gasteiger partial charge on any atom is -0.495 e. The number of aromatic nitrogens is 1. The summed E-state index contributed by atoms with van der Waals surface area (Å²) in [6.07, 6.45) is 2.18. The number of para-hydroxylation sites is 1. The number of likely N-dealkylation sites (N-methyl/N-ethyl adjacent to an activating group) is 1. The highest BCUT2D eigenvalue weighted by molar-refractivity contribution is 6.31. The number of hydrogen-bond acceptors (Lipinski definition) is 3. The van der Waals surface area contributed by atoms with Crippen LogP contribution in [0, 0.1) is 0 Å². The Kier molecular flexibility index (Phi) is 5.90. The molecule has 146 valence electrons. The second-order valence-electron chi connectivity index (χ2n) is 6.60. The van der Waals surface area contributed by atoms with E-state index in [4.69, 9.17) is 16.3 Å². The summed E-state index contributed by atoms with van der Waals surface area (Å²) in [7, 11) is 5.08. The van der Waals surface area contributed by atoms with Gasteiger partial charge in [-0.25, -0.2) is 0 Å². The van der Waals surface area contributed by atoms with Gasteiger partial charge in [-0.05, 0) is 29.8 Å². The van der Waals surface area contributed by atoms with E-state index in [0.29, 0.717) is 16.5 Å². The molecule has 3 rings (SSSR count). The van der Waals surface area contributed by atoms with Crippen LogP contribution in [-0.4, -0.2) is 42.0 Å². The smallest absolute Gasteiger partial charge is 0.244 e. The molecule has 0 spiro atoms. The number of hydrogen-bond donors (Lipinski definition) is 1. The fraction of sp³-hybridized carbons (Fsp3) is 0.238. The Hall–Kier alpha value is -2.99. The van der Waals surface area contributed by atoms with Crippen molar-refractivity contribution in [2.75, 3.05) is 26.0 Å². The predicted molar refractivity (Wildman–Crippen MR) is 111 cm³/mol. The van der Waals surface area contributed by atoms with Crippen molar-refractivity contribution in [2.45, 2.75) is 6.42 Å². The molecular weight excluding hydrogens is 378 g/mol. The van der Waals surface area contributed by atoms with E-state index >= 15 is 0 Å². The van der Waals surface area contributed by atoms with Crippen molar-refractivity contribution < 1.29 is 14.3 Å². The molecule has 0 aliphatic rings. The number of fused-ring (bicyclic) bond motifs is 1. The number of benzene rings is 2. The van der Waals surface area contributed by atoms with E-state index in [9.17, 15) is 9.59 Å². The zero-order valence-corrected chi connectivity index (χ0v) is 16.8. The first kappa shape index (κ1) is 19.8. The Labute approximate surface area is 168 Å². The van der Waals surface area contributed by atoms with Crippen LogP contribution in [0.5, 0.6) is 5.75 Å². The molecular formula is C21H22ClN3O3. The van der Waals surface area contributed by atoms with Crippen molar-refractivity contribution in [3.05, 3.63) is 59.2 Å². The lowest BCUT2D eigenvalue weighted by molar-refractivity contribution is -0.132. The summed E-state index contributed by atoms with van der Waals surface area (Å²) in [5.41, 5.74) is 2.47. The molecule has 7 heteroatoms. The first-order chi connectivity index (χ1) is 13.4. The van der Waals surface area contributed by atoms with Crippen molar-refractivity contribution in [1.82, 2.24) is 9.47 Å². The normalized spacial score (nSPS) is 10.7. The van der Waals surface area contributed by atoms with Crippen LogP contribution in [0.15, 0.2) is 48.7 Å². The Balaban J connectivity index is 1.65. The lowest BCUT2D eigenvalue weighted by atomic mass is 10.1. The van der Waals surface area contributed by atoms with Crippen LogP contribution in [0.2, 0.25) is 5.02 Å². The summed E-state index contributed by atoms with van der Waals surface area (Å²) in [6.45, 7) is -0.0702. The molecule has 1 N–H and O–H groups in total. The van der Waals surface area contributed by atoms with Gasteiger partial charge < -0.3 is 19.5 Å².